The van der Waals surface area contributed by atoms with Gasteiger partial charge in [-0.2, -0.15) is 0 Å². The van der Waals surface area contributed by atoms with Crippen LogP contribution in [0.3, 0.4) is 0 Å². The fourth-order valence-electron chi connectivity index (χ4n) is 8.10. The van der Waals surface area contributed by atoms with Gasteiger partial charge in [0.25, 0.3) is 0 Å². The molecular formula is C45H52Cl4N12O4. The number of benzene rings is 2. The lowest BCUT2D eigenvalue weighted by Crippen LogP contribution is -2.59. The Kier molecular flexibility index (Phi) is 14.4. The van der Waals surface area contributed by atoms with Crippen molar-refractivity contribution in [3.8, 4) is 0 Å². The number of halogens is 4. The summed E-state index contributed by atoms with van der Waals surface area (Å²) in [6.45, 7) is 16.5. The van der Waals surface area contributed by atoms with E-state index >= 15 is 0 Å². The lowest BCUT2D eigenvalue weighted by Gasteiger charge is -2.45. The Morgan fingerprint density at radius 2 is 1.08 bits per heavy atom. The molecule has 0 saturated carbocycles. The predicted molar refractivity (Wildman–Crippen MR) is 264 cm³/mol. The third-order valence-electron chi connectivity index (χ3n) is 10.6. The molecule has 5 amide bonds. The Hall–Kier alpha value is -5.65. The van der Waals surface area contributed by atoms with E-state index in [1.807, 2.05) is 51.7 Å². The number of aromatic amines is 2. The number of hydrogen-bond donors (Lipinski definition) is 7. The van der Waals surface area contributed by atoms with Crippen molar-refractivity contribution in [1.29, 1.82) is 0 Å². The first-order chi connectivity index (χ1) is 30.8. The number of rotatable bonds is 6. The van der Waals surface area contributed by atoms with Crippen LogP contribution in [0, 0.1) is 0 Å². The molecule has 0 spiro atoms. The summed E-state index contributed by atoms with van der Waals surface area (Å²) in [5, 5.41) is 18.4. The number of ether oxygens (including phenoxy) is 1. The normalized spacial score (nSPS) is 18.8. The van der Waals surface area contributed by atoms with Gasteiger partial charge in [-0.15, -0.1) is 0 Å². The van der Waals surface area contributed by atoms with E-state index in [1.165, 1.54) is 0 Å². The number of urea groups is 2. The van der Waals surface area contributed by atoms with Gasteiger partial charge in [-0.3, -0.25) is 4.90 Å². The summed E-state index contributed by atoms with van der Waals surface area (Å²) in [5.41, 5.74) is 3.40. The van der Waals surface area contributed by atoms with Gasteiger partial charge in [0, 0.05) is 82.5 Å². The summed E-state index contributed by atoms with van der Waals surface area (Å²) in [5.74, 6) is 1.32. The summed E-state index contributed by atoms with van der Waals surface area (Å²) in [6, 6.07) is 13.9. The number of carbonyl (C=O) groups is 3. The number of fused-ring (bicyclic) bond motifs is 2. The molecule has 20 heteroatoms. The summed E-state index contributed by atoms with van der Waals surface area (Å²) < 4.78 is 5.57. The molecule has 4 atom stereocenters. The average molecular weight is 967 g/mol. The van der Waals surface area contributed by atoms with E-state index in [2.05, 4.69) is 65.3 Å². The quantitative estimate of drug-likeness (QED) is 0.0852. The molecular weight excluding hydrogens is 914 g/mol. The van der Waals surface area contributed by atoms with Gasteiger partial charge in [-0.1, -0.05) is 46.4 Å². The number of aromatic nitrogens is 4. The van der Waals surface area contributed by atoms with E-state index < -0.39 is 11.6 Å². The van der Waals surface area contributed by atoms with Crippen LogP contribution in [0.5, 0.6) is 0 Å². The van der Waals surface area contributed by atoms with Crippen molar-refractivity contribution >= 4 is 121 Å². The number of nitrogens with zero attached hydrogens (tertiary/aromatic N) is 5. The molecule has 2 saturated heterocycles. The molecule has 2 aliphatic rings. The molecule has 7 N–H and O–H groups in total. The highest BCUT2D eigenvalue weighted by Crippen LogP contribution is 2.32. The fraction of sp³-hybridized carbons (Fsp3) is 0.356. The minimum atomic E-state index is -0.561. The molecule has 0 radical (unpaired) electrons. The largest absolute Gasteiger partial charge is 0.444 e. The van der Waals surface area contributed by atoms with Gasteiger partial charge in [0.05, 0.1) is 57.3 Å². The van der Waals surface area contributed by atoms with Crippen LogP contribution >= 0.6 is 46.4 Å². The zero-order chi connectivity index (χ0) is 46.7. The molecule has 2 aliphatic heterocycles. The van der Waals surface area contributed by atoms with E-state index in [9.17, 15) is 14.4 Å². The Morgan fingerprint density at radius 1 is 0.646 bits per heavy atom. The number of piperazine rings is 2. The minimum absolute atomic E-state index is 0.102. The monoisotopic (exact) mass is 964 g/mol. The number of hydrogen-bond acceptors (Lipinski definition) is 9. The van der Waals surface area contributed by atoms with Crippen LogP contribution in [0.4, 0.5) is 48.8 Å². The van der Waals surface area contributed by atoms with Crippen molar-refractivity contribution in [3.05, 3.63) is 93.4 Å². The minimum Gasteiger partial charge on any atom is -0.444 e. The second-order valence-electron chi connectivity index (χ2n) is 17.4. The number of H-pyrrole nitrogens is 2. The van der Waals surface area contributed by atoms with Crippen LogP contribution in [0.25, 0.3) is 21.8 Å². The molecule has 16 nitrogen and oxygen atoms in total. The first kappa shape index (κ1) is 47.3. The number of nitrogens with one attached hydrogen (secondary N) is 7. The Bertz CT molecular complexity index is 2680. The highest BCUT2D eigenvalue weighted by molar-refractivity contribution is 6.34. The zero-order valence-corrected chi connectivity index (χ0v) is 40.0. The Balaban J connectivity index is 0.000000198. The van der Waals surface area contributed by atoms with Crippen LogP contribution in [0.1, 0.15) is 48.5 Å². The van der Waals surface area contributed by atoms with Crippen LogP contribution in [0.2, 0.25) is 20.1 Å². The van der Waals surface area contributed by atoms with Crippen molar-refractivity contribution in [1.82, 2.24) is 30.2 Å². The molecule has 6 aromatic rings. The highest BCUT2D eigenvalue weighted by Gasteiger charge is 2.36. The van der Waals surface area contributed by atoms with Crippen molar-refractivity contribution in [3.63, 3.8) is 0 Å². The molecule has 4 aromatic heterocycles. The topological polar surface area (TPSA) is 188 Å². The van der Waals surface area contributed by atoms with Gasteiger partial charge in [0.15, 0.2) is 0 Å². The molecule has 2 fully saturated rings. The molecule has 0 bridgehead atoms. The van der Waals surface area contributed by atoms with E-state index in [-0.39, 0.29) is 24.2 Å². The maximum atomic E-state index is 12.7. The molecule has 0 aliphatic carbocycles. The first-order valence-electron chi connectivity index (χ1n) is 21.1. The van der Waals surface area contributed by atoms with Crippen LogP contribution in [-0.4, -0.2) is 98.9 Å². The van der Waals surface area contributed by atoms with Crippen molar-refractivity contribution in [2.24, 2.45) is 0 Å². The third-order valence-corrected chi connectivity index (χ3v) is 11.6. The number of pyridine rings is 2. The van der Waals surface area contributed by atoms with Gasteiger partial charge < -0.3 is 51.1 Å². The lowest BCUT2D eigenvalue weighted by molar-refractivity contribution is 0.00559. The standard InChI is InChI=1S/C25H30Cl2N6O3.C20H22Cl2N6O/c1-14-12-32(13-15(2)33(14)24(35)36-25(3,4)5)22-19(27)9-17(10-29-22)30-23(34)31-21-11-28-20-7-6-16(26)8-18(20)21;1-11-9-28(10-12(2)25-11)19-16(22)6-14(7-24-19)26-20(29)27-18-8-23-17-4-3-13(21)5-15(17)18/h6-11,14-15,28H,12-13H2,1-5H3,(H2,30,31,34);3-8,11-12,23,25H,9-10H2,1-2H3,(H2,26,27,29)/t14-,15+;11-,12+. The summed E-state index contributed by atoms with van der Waals surface area (Å²) in [6.07, 6.45) is 6.27. The molecule has 8 rings (SSSR count). The Morgan fingerprint density at radius 3 is 1.49 bits per heavy atom. The number of anilines is 6. The fourth-order valence-corrected chi connectivity index (χ4v) is 9.01. The van der Waals surface area contributed by atoms with Crippen LogP contribution in [0.15, 0.2) is 73.3 Å². The second-order valence-corrected chi connectivity index (χ2v) is 19.1. The van der Waals surface area contributed by atoms with Crippen molar-refractivity contribution in [2.45, 2.75) is 78.2 Å². The van der Waals surface area contributed by atoms with Gasteiger partial charge in [0.1, 0.15) is 17.2 Å². The smallest absolute Gasteiger partial charge is 0.410 e. The number of amides is 5. The summed E-state index contributed by atoms with van der Waals surface area (Å²) >= 11 is 25.2. The van der Waals surface area contributed by atoms with Gasteiger partial charge >= 0.3 is 18.2 Å². The van der Waals surface area contributed by atoms with Crippen molar-refractivity contribution < 1.29 is 19.1 Å². The van der Waals surface area contributed by atoms with E-state index in [0.717, 1.165) is 40.7 Å². The molecule has 344 valence electrons. The van der Waals surface area contributed by atoms with Gasteiger partial charge in [0.2, 0.25) is 0 Å². The lowest BCUT2D eigenvalue weighted by atomic mass is 10.1. The predicted octanol–water partition coefficient (Wildman–Crippen LogP) is 11.0. The SMILES string of the molecule is C[C@@H]1CN(c2ncc(NC(=O)Nc3c[nH]c4ccc(Cl)cc34)cc2Cl)C[C@H](C)N1.C[C@@H]1CN(c2ncc(NC(=O)Nc3c[nH]c4ccc(Cl)cc34)cc2Cl)C[C@H](C)N1C(=O)OC(C)(C)C. The summed E-state index contributed by atoms with van der Waals surface area (Å²) in [4.78, 5) is 58.8. The Labute approximate surface area is 397 Å². The second kappa shape index (κ2) is 19.8. The molecule has 65 heavy (non-hydrogen) atoms. The van der Waals surface area contributed by atoms with Crippen LogP contribution < -0.4 is 36.4 Å². The molecule has 0 unspecified atom stereocenters. The average Bonchev–Trinajstić information content (AvgIpc) is 3.79. The van der Waals surface area contributed by atoms with Crippen molar-refractivity contribution in [2.75, 3.05) is 57.2 Å². The van der Waals surface area contributed by atoms with Gasteiger partial charge in [-0.25, -0.2) is 24.4 Å². The van der Waals surface area contributed by atoms with Crippen LogP contribution in [-0.2, 0) is 4.74 Å². The highest BCUT2D eigenvalue weighted by atomic mass is 35.5. The third kappa shape index (κ3) is 11.8. The van der Waals surface area contributed by atoms with E-state index in [4.69, 9.17) is 51.1 Å². The maximum absolute atomic E-state index is 12.7. The van der Waals surface area contributed by atoms with Gasteiger partial charge in [-0.05, 0) is 97.0 Å². The molecule has 2 aromatic carbocycles. The zero-order valence-electron chi connectivity index (χ0n) is 36.9. The van der Waals surface area contributed by atoms with E-state index in [1.54, 1.807) is 66.1 Å². The first-order valence-corrected chi connectivity index (χ1v) is 22.6. The maximum Gasteiger partial charge on any atom is 0.410 e. The number of carbonyl (C=O) groups excluding carboxylic acids is 3. The summed E-state index contributed by atoms with van der Waals surface area (Å²) in [7, 11) is 0. The van der Waals surface area contributed by atoms with E-state index in [0.29, 0.717) is 73.8 Å². The molecule has 6 heterocycles.